The Morgan fingerprint density at radius 2 is 1.90 bits per heavy atom. The summed E-state index contributed by atoms with van der Waals surface area (Å²) in [6.07, 6.45) is 6.70. The van der Waals surface area contributed by atoms with E-state index in [2.05, 4.69) is 30.2 Å². The van der Waals surface area contributed by atoms with Crippen LogP contribution in [-0.4, -0.2) is 42.4 Å². The van der Waals surface area contributed by atoms with Crippen LogP contribution in [0.3, 0.4) is 0 Å². The zero-order valence-corrected chi connectivity index (χ0v) is 12.6. The first-order valence-electron chi connectivity index (χ1n) is 7.59. The molecule has 3 heteroatoms. The van der Waals surface area contributed by atoms with Gasteiger partial charge in [-0.25, -0.2) is 0 Å². The molecule has 1 aliphatic rings. The first kappa shape index (κ1) is 15.8. The zero-order chi connectivity index (χ0) is 15.1. The van der Waals surface area contributed by atoms with Gasteiger partial charge in [0, 0.05) is 19.6 Å². The molecule has 0 aromatic heterocycles. The van der Waals surface area contributed by atoms with Crippen molar-refractivity contribution in [1.82, 2.24) is 4.90 Å². The highest BCUT2D eigenvalue weighted by Gasteiger charge is 2.13. The summed E-state index contributed by atoms with van der Waals surface area (Å²) in [6, 6.07) is 6.26. The SMILES string of the molecule is C=CCN(CC=C)C[C@H](O)COc1ccc2c(c1)CCC2. The lowest BCUT2D eigenvalue weighted by molar-refractivity contribution is 0.0754. The van der Waals surface area contributed by atoms with Gasteiger partial charge in [0.1, 0.15) is 18.5 Å². The molecule has 1 atom stereocenters. The third-order valence-electron chi connectivity index (χ3n) is 3.76. The van der Waals surface area contributed by atoms with Crippen molar-refractivity contribution in [3.05, 3.63) is 54.6 Å². The van der Waals surface area contributed by atoms with Crippen LogP contribution in [0.1, 0.15) is 17.5 Å². The average Bonchev–Trinajstić information content (AvgIpc) is 2.93. The van der Waals surface area contributed by atoms with Crippen molar-refractivity contribution in [2.24, 2.45) is 0 Å². The molecule has 1 aliphatic carbocycles. The summed E-state index contributed by atoms with van der Waals surface area (Å²) in [7, 11) is 0. The minimum Gasteiger partial charge on any atom is -0.491 e. The quantitative estimate of drug-likeness (QED) is 0.709. The van der Waals surface area contributed by atoms with Gasteiger partial charge in [-0.15, -0.1) is 13.2 Å². The molecular formula is C18H25NO2. The molecule has 0 saturated carbocycles. The van der Waals surface area contributed by atoms with Gasteiger partial charge in [0.25, 0.3) is 0 Å². The maximum Gasteiger partial charge on any atom is 0.119 e. The van der Waals surface area contributed by atoms with Crippen molar-refractivity contribution < 1.29 is 9.84 Å². The second-order valence-electron chi connectivity index (χ2n) is 5.54. The normalized spacial score (nSPS) is 14.8. The van der Waals surface area contributed by atoms with E-state index in [1.807, 2.05) is 18.2 Å². The Morgan fingerprint density at radius 1 is 1.19 bits per heavy atom. The lowest BCUT2D eigenvalue weighted by atomic mass is 10.1. The number of ether oxygens (including phenoxy) is 1. The van der Waals surface area contributed by atoms with Crippen molar-refractivity contribution in [1.29, 1.82) is 0 Å². The molecule has 0 fully saturated rings. The van der Waals surface area contributed by atoms with E-state index in [0.717, 1.165) is 25.3 Å². The highest BCUT2D eigenvalue weighted by Crippen LogP contribution is 2.26. The van der Waals surface area contributed by atoms with Gasteiger partial charge < -0.3 is 9.84 Å². The maximum absolute atomic E-state index is 10.1. The molecule has 0 radical (unpaired) electrons. The number of hydrogen-bond acceptors (Lipinski definition) is 3. The summed E-state index contributed by atoms with van der Waals surface area (Å²) in [4.78, 5) is 2.08. The molecule has 114 valence electrons. The molecule has 1 N–H and O–H groups in total. The molecule has 21 heavy (non-hydrogen) atoms. The number of aliphatic hydroxyl groups excluding tert-OH is 1. The third kappa shape index (κ3) is 4.73. The first-order valence-corrected chi connectivity index (χ1v) is 7.59. The molecule has 3 nitrogen and oxygen atoms in total. The number of aryl methyl sites for hydroxylation is 2. The highest BCUT2D eigenvalue weighted by atomic mass is 16.5. The smallest absolute Gasteiger partial charge is 0.119 e. The van der Waals surface area contributed by atoms with E-state index >= 15 is 0 Å². The van der Waals surface area contributed by atoms with Crippen molar-refractivity contribution in [2.45, 2.75) is 25.4 Å². The summed E-state index contributed by atoms with van der Waals surface area (Å²) in [5.74, 6) is 0.855. The van der Waals surface area contributed by atoms with Crippen LogP contribution in [0.4, 0.5) is 0 Å². The number of fused-ring (bicyclic) bond motifs is 1. The number of benzene rings is 1. The summed E-state index contributed by atoms with van der Waals surface area (Å²) in [5.41, 5.74) is 2.83. The predicted octanol–water partition coefficient (Wildman–Crippen LogP) is 2.59. The predicted molar refractivity (Wildman–Crippen MR) is 86.8 cm³/mol. The summed E-state index contributed by atoms with van der Waals surface area (Å²) in [6.45, 7) is 9.80. The Balaban J connectivity index is 1.81. The monoisotopic (exact) mass is 287 g/mol. The van der Waals surface area contributed by atoms with Crippen molar-refractivity contribution in [3.63, 3.8) is 0 Å². The van der Waals surface area contributed by atoms with Crippen molar-refractivity contribution >= 4 is 0 Å². The Hall–Kier alpha value is -1.58. The van der Waals surface area contributed by atoms with Crippen LogP contribution in [0.2, 0.25) is 0 Å². The first-order chi connectivity index (χ1) is 10.2. The highest BCUT2D eigenvalue weighted by molar-refractivity contribution is 5.38. The van der Waals surface area contributed by atoms with Gasteiger partial charge in [0.05, 0.1) is 0 Å². The average molecular weight is 287 g/mol. The Bertz CT molecular complexity index is 474. The van der Waals surface area contributed by atoms with Crippen LogP contribution in [0.25, 0.3) is 0 Å². The molecule has 0 bridgehead atoms. The summed E-state index contributed by atoms with van der Waals surface area (Å²) in [5, 5.41) is 10.1. The van der Waals surface area contributed by atoms with E-state index in [1.165, 1.54) is 24.0 Å². The number of aliphatic hydroxyl groups is 1. The van der Waals surface area contributed by atoms with Crippen LogP contribution in [0.5, 0.6) is 5.75 Å². The standard InChI is InChI=1S/C18H25NO2/c1-3-10-19(11-4-2)13-17(20)14-21-18-9-8-15-6-5-7-16(15)12-18/h3-4,8-9,12,17,20H,1-2,5-7,10-11,13-14H2/t17-/m0/s1. The van der Waals surface area contributed by atoms with Crippen molar-refractivity contribution in [3.8, 4) is 5.75 Å². The largest absolute Gasteiger partial charge is 0.491 e. The third-order valence-corrected chi connectivity index (χ3v) is 3.76. The van der Waals surface area contributed by atoms with Gasteiger partial charge in [-0.2, -0.15) is 0 Å². The van der Waals surface area contributed by atoms with E-state index in [4.69, 9.17) is 4.74 Å². The number of nitrogens with zero attached hydrogens (tertiary/aromatic N) is 1. The minimum absolute atomic E-state index is 0.309. The second kappa shape index (κ2) is 8.01. The fourth-order valence-corrected chi connectivity index (χ4v) is 2.77. The van der Waals surface area contributed by atoms with Crippen LogP contribution in [0.15, 0.2) is 43.5 Å². The molecule has 1 aromatic carbocycles. The van der Waals surface area contributed by atoms with Crippen molar-refractivity contribution in [2.75, 3.05) is 26.2 Å². The fourth-order valence-electron chi connectivity index (χ4n) is 2.77. The summed E-state index contributed by atoms with van der Waals surface area (Å²) >= 11 is 0. The van der Waals surface area contributed by atoms with E-state index in [1.54, 1.807) is 0 Å². The van der Waals surface area contributed by atoms with E-state index in [9.17, 15) is 5.11 Å². The van der Waals surface area contributed by atoms with Crippen LogP contribution >= 0.6 is 0 Å². The van der Waals surface area contributed by atoms with Gasteiger partial charge in [-0.3, -0.25) is 4.90 Å². The number of hydrogen-bond donors (Lipinski definition) is 1. The molecule has 0 spiro atoms. The topological polar surface area (TPSA) is 32.7 Å². The molecular weight excluding hydrogens is 262 g/mol. The molecule has 2 rings (SSSR count). The van der Waals surface area contributed by atoms with Gasteiger partial charge in [-0.1, -0.05) is 18.2 Å². The van der Waals surface area contributed by atoms with E-state index < -0.39 is 6.10 Å². The van der Waals surface area contributed by atoms with Crippen LogP contribution in [0, 0.1) is 0 Å². The molecule has 0 unspecified atom stereocenters. The Kier molecular flexibility index (Phi) is 6.03. The molecule has 0 saturated heterocycles. The zero-order valence-electron chi connectivity index (χ0n) is 12.6. The Morgan fingerprint density at radius 3 is 2.62 bits per heavy atom. The van der Waals surface area contributed by atoms with Gasteiger partial charge in [0.15, 0.2) is 0 Å². The Labute approximate surface area is 127 Å². The van der Waals surface area contributed by atoms with Gasteiger partial charge in [0.2, 0.25) is 0 Å². The van der Waals surface area contributed by atoms with Crippen LogP contribution in [-0.2, 0) is 12.8 Å². The minimum atomic E-state index is -0.516. The summed E-state index contributed by atoms with van der Waals surface area (Å²) < 4.78 is 5.72. The number of rotatable bonds is 9. The van der Waals surface area contributed by atoms with Crippen LogP contribution < -0.4 is 4.74 Å². The lowest BCUT2D eigenvalue weighted by Crippen LogP contribution is -2.35. The lowest BCUT2D eigenvalue weighted by Gasteiger charge is -2.22. The second-order valence-corrected chi connectivity index (χ2v) is 5.54. The molecule has 1 aromatic rings. The molecule has 0 amide bonds. The molecule has 0 aliphatic heterocycles. The van der Waals surface area contributed by atoms with Gasteiger partial charge >= 0.3 is 0 Å². The maximum atomic E-state index is 10.1. The van der Waals surface area contributed by atoms with E-state index in [0.29, 0.717) is 13.2 Å². The van der Waals surface area contributed by atoms with E-state index in [-0.39, 0.29) is 0 Å². The van der Waals surface area contributed by atoms with Gasteiger partial charge in [-0.05, 0) is 42.5 Å². The molecule has 0 heterocycles. The fraction of sp³-hybridized carbons (Fsp3) is 0.444.